The van der Waals surface area contributed by atoms with Crippen molar-refractivity contribution < 1.29 is 27.1 Å². The van der Waals surface area contributed by atoms with Crippen molar-refractivity contribution in [2.45, 2.75) is 39.9 Å². The van der Waals surface area contributed by atoms with Crippen LogP contribution in [0.4, 0.5) is 0 Å². The van der Waals surface area contributed by atoms with Gasteiger partial charge in [-0.1, -0.05) is 12.2 Å². The second-order valence-electron chi connectivity index (χ2n) is 5.17. The van der Waals surface area contributed by atoms with Crippen LogP contribution in [0.5, 0.6) is 0 Å². The first-order valence-electron chi connectivity index (χ1n) is 7.47. The van der Waals surface area contributed by atoms with Gasteiger partial charge in [0.2, 0.25) is 0 Å². The largest absolute Gasteiger partial charge is 0.519 e. The molecule has 0 amide bonds. The molecule has 2 aromatic heterocycles. The predicted octanol–water partition coefficient (Wildman–Crippen LogP) is 2.81. The number of hydrogen-bond donors (Lipinski definition) is 0. The van der Waals surface area contributed by atoms with Crippen LogP contribution in [0.25, 0.3) is 0 Å². The molecule has 0 aliphatic carbocycles. The van der Waals surface area contributed by atoms with E-state index in [0.29, 0.717) is 36.3 Å². The summed E-state index contributed by atoms with van der Waals surface area (Å²) >= 11 is 0. The van der Waals surface area contributed by atoms with Gasteiger partial charge in [-0.25, -0.2) is 9.59 Å². The van der Waals surface area contributed by atoms with E-state index in [0.717, 1.165) is 0 Å². The van der Waals surface area contributed by atoms with Gasteiger partial charge in [-0.15, -0.1) is 0 Å². The molecule has 132 valence electrons. The van der Waals surface area contributed by atoms with Gasteiger partial charge in [0.1, 0.15) is 23.7 Å². The zero-order valence-corrected chi connectivity index (χ0v) is 14.0. The molecule has 0 fully saturated rings. The molecule has 0 saturated heterocycles. The van der Waals surface area contributed by atoms with Crippen molar-refractivity contribution in [2.75, 3.05) is 13.2 Å². The minimum atomic E-state index is -0.739. The molecule has 2 aromatic rings. The Balaban J connectivity index is 1.73. The normalized spacial score (nSPS) is 14.3. The van der Waals surface area contributed by atoms with Gasteiger partial charge in [0.25, 0.3) is 0 Å². The highest BCUT2D eigenvalue weighted by molar-refractivity contribution is 5.04. The van der Waals surface area contributed by atoms with E-state index in [2.05, 4.69) is 0 Å². The maximum Gasteiger partial charge on any atom is 0.519 e. The van der Waals surface area contributed by atoms with Crippen molar-refractivity contribution >= 4 is 0 Å². The lowest BCUT2D eigenvalue weighted by molar-refractivity contribution is 0.0636. The van der Waals surface area contributed by atoms with Crippen molar-refractivity contribution in [1.29, 1.82) is 0 Å². The van der Waals surface area contributed by atoms with Crippen LogP contribution in [-0.2, 0) is 9.47 Å². The Morgan fingerprint density at radius 1 is 0.792 bits per heavy atom. The Morgan fingerprint density at radius 2 is 1.17 bits per heavy atom. The molecule has 0 bridgehead atoms. The third kappa shape index (κ3) is 4.59. The van der Waals surface area contributed by atoms with E-state index in [1.807, 2.05) is 0 Å². The highest BCUT2D eigenvalue weighted by Crippen LogP contribution is 2.20. The average Bonchev–Trinajstić information content (AvgIpc) is 3.03. The summed E-state index contributed by atoms with van der Waals surface area (Å²) in [7, 11) is 0. The minimum Gasteiger partial charge on any atom is -0.396 e. The fraction of sp³-hybridized carbons (Fsp3) is 0.500. The van der Waals surface area contributed by atoms with Crippen molar-refractivity contribution in [3.8, 4) is 0 Å². The van der Waals surface area contributed by atoms with E-state index < -0.39 is 23.9 Å². The van der Waals surface area contributed by atoms with E-state index in [9.17, 15) is 9.59 Å². The minimum absolute atomic E-state index is 0.313. The molecule has 0 spiro atoms. The van der Waals surface area contributed by atoms with Gasteiger partial charge < -0.3 is 27.1 Å². The average molecular weight is 340 g/mol. The quantitative estimate of drug-likeness (QED) is 0.675. The second-order valence-corrected chi connectivity index (χ2v) is 5.17. The standard InChI is InChI=1S/C16H20O8/c1-9(13-11(3)21-15(17)23-13)19-7-5-6-8-20-10(2)14-12(4)22-16(18)24-14/h5-6,9-10H,7-8H2,1-4H3. The summed E-state index contributed by atoms with van der Waals surface area (Å²) in [5.41, 5.74) is 0. The van der Waals surface area contributed by atoms with Crippen LogP contribution in [0, 0.1) is 13.8 Å². The second kappa shape index (κ2) is 7.98. The lowest BCUT2D eigenvalue weighted by Crippen LogP contribution is -2.02. The summed E-state index contributed by atoms with van der Waals surface area (Å²) in [6.07, 6.45) is 2.75. The molecule has 2 heterocycles. The van der Waals surface area contributed by atoms with Crippen LogP contribution in [0.15, 0.2) is 39.4 Å². The van der Waals surface area contributed by atoms with E-state index in [4.69, 9.17) is 27.1 Å². The van der Waals surface area contributed by atoms with Crippen molar-refractivity contribution in [2.24, 2.45) is 0 Å². The molecular weight excluding hydrogens is 320 g/mol. The molecule has 0 aliphatic rings. The van der Waals surface area contributed by atoms with Gasteiger partial charge in [-0.2, -0.15) is 0 Å². The van der Waals surface area contributed by atoms with Gasteiger partial charge in [0, 0.05) is 0 Å². The van der Waals surface area contributed by atoms with E-state index >= 15 is 0 Å². The predicted molar refractivity (Wildman–Crippen MR) is 81.8 cm³/mol. The summed E-state index contributed by atoms with van der Waals surface area (Å²) in [6.45, 7) is 7.43. The fourth-order valence-electron chi connectivity index (χ4n) is 2.14. The molecule has 24 heavy (non-hydrogen) atoms. The summed E-state index contributed by atoms with van der Waals surface area (Å²) < 4.78 is 30.4. The van der Waals surface area contributed by atoms with Crippen molar-refractivity contribution in [3.63, 3.8) is 0 Å². The Kier molecular flexibility index (Phi) is 5.99. The third-order valence-electron chi connectivity index (χ3n) is 3.34. The summed E-state index contributed by atoms with van der Waals surface area (Å²) in [6, 6.07) is 0. The van der Waals surface area contributed by atoms with Crippen LogP contribution in [0.2, 0.25) is 0 Å². The molecule has 8 nitrogen and oxygen atoms in total. The molecule has 0 N–H and O–H groups in total. The van der Waals surface area contributed by atoms with Crippen LogP contribution in [0.1, 0.15) is 49.1 Å². The van der Waals surface area contributed by atoms with Gasteiger partial charge in [-0.05, 0) is 27.7 Å². The monoisotopic (exact) mass is 340 g/mol. The molecule has 2 atom stereocenters. The summed E-state index contributed by atoms with van der Waals surface area (Å²) in [4.78, 5) is 22.0. The SMILES string of the molecule is Cc1oc(=O)oc1C(C)OCC=CCOC(C)c1oc(=O)oc1C. The van der Waals surface area contributed by atoms with Crippen molar-refractivity contribution in [3.05, 3.63) is 56.4 Å². The first kappa shape index (κ1) is 18.0. The molecule has 0 aromatic carbocycles. The molecule has 2 unspecified atom stereocenters. The Labute approximate surface area is 137 Å². The lowest BCUT2D eigenvalue weighted by Gasteiger charge is -2.09. The number of ether oxygens (including phenoxy) is 2. The molecule has 8 heteroatoms. The van der Waals surface area contributed by atoms with Gasteiger partial charge in [-0.3, -0.25) is 0 Å². The molecule has 0 radical (unpaired) electrons. The number of rotatable bonds is 8. The van der Waals surface area contributed by atoms with Crippen LogP contribution < -0.4 is 11.6 Å². The summed E-state index contributed by atoms with van der Waals surface area (Å²) in [5, 5.41) is 0. The fourth-order valence-corrected chi connectivity index (χ4v) is 2.14. The molecule has 0 saturated carbocycles. The van der Waals surface area contributed by atoms with Crippen LogP contribution in [-0.4, -0.2) is 13.2 Å². The maximum absolute atomic E-state index is 11.0. The summed E-state index contributed by atoms with van der Waals surface area (Å²) in [5.74, 6) is 0.0952. The maximum atomic E-state index is 11.0. The van der Waals surface area contributed by atoms with E-state index in [-0.39, 0.29) is 0 Å². The van der Waals surface area contributed by atoms with Gasteiger partial charge >= 0.3 is 11.6 Å². The number of aryl methyl sites for hydroxylation is 2. The zero-order valence-electron chi connectivity index (χ0n) is 14.0. The Hall–Kier alpha value is -2.32. The molecule has 0 aliphatic heterocycles. The van der Waals surface area contributed by atoms with Crippen molar-refractivity contribution in [1.82, 2.24) is 0 Å². The van der Waals surface area contributed by atoms with Crippen LogP contribution in [0.3, 0.4) is 0 Å². The smallest absolute Gasteiger partial charge is 0.396 e. The van der Waals surface area contributed by atoms with Gasteiger partial charge in [0.15, 0.2) is 11.5 Å². The Bertz CT molecular complexity index is 721. The molecular formula is C16H20O8. The van der Waals surface area contributed by atoms with Crippen LogP contribution >= 0.6 is 0 Å². The first-order chi connectivity index (χ1) is 11.4. The highest BCUT2D eigenvalue weighted by atomic mass is 16.6. The third-order valence-corrected chi connectivity index (χ3v) is 3.34. The topological polar surface area (TPSA) is 105 Å². The number of hydrogen-bond acceptors (Lipinski definition) is 8. The Morgan fingerprint density at radius 3 is 1.46 bits per heavy atom. The molecule has 2 rings (SSSR count). The highest BCUT2D eigenvalue weighted by Gasteiger charge is 2.17. The zero-order chi connectivity index (χ0) is 17.7. The lowest BCUT2D eigenvalue weighted by atomic mass is 10.2. The van der Waals surface area contributed by atoms with E-state index in [1.165, 1.54) is 0 Å². The first-order valence-corrected chi connectivity index (χ1v) is 7.47. The van der Waals surface area contributed by atoms with E-state index in [1.54, 1.807) is 39.8 Å². The van der Waals surface area contributed by atoms with Gasteiger partial charge in [0.05, 0.1) is 13.2 Å².